The normalized spacial score (nSPS) is 10.2. The number of hydrogen-bond acceptors (Lipinski definition) is 1. The first-order chi connectivity index (χ1) is 8.61. The molecule has 0 atom stereocenters. The molecule has 0 heterocycles. The molecule has 0 bridgehead atoms. The second kappa shape index (κ2) is 4.96. The van der Waals surface area contributed by atoms with Crippen molar-refractivity contribution in [3.05, 3.63) is 65.7 Å². The molecule has 0 N–H and O–H groups in total. The van der Waals surface area contributed by atoms with Gasteiger partial charge in [0.15, 0.2) is 0 Å². The summed E-state index contributed by atoms with van der Waals surface area (Å²) in [4.78, 5) is 13.1. The molecule has 0 radical (unpaired) electrons. The summed E-state index contributed by atoms with van der Waals surface area (Å²) < 4.78 is 27.0. The molecule has 4 heteroatoms. The molecule has 0 aromatic heterocycles. The highest BCUT2D eigenvalue weighted by molar-refractivity contribution is 6.05. The van der Waals surface area contributed by atoms with Gasteiger partial charge in [0.2, 0.25) is 0 Å². The van der Waals surface area contributed by atoms with E-state index in [4.69, 9.17) is 0 Å². The van der Waals surface area contributed by atoms with Crippen LogP contribution in [-0.2, 0) is 0 Å². The quantitative estimate of drug-likeness (QED) is 0.797. The van der Waals surface area contributed by atoms with Crippen molar-refractivity contribution in [1.82, 2.24) is 0 Å². The Kier molecular flexibility index (Phi) is 3.37. The third-order valence-electron chi connectivity index (χ3n) is 2.62. The lowest BCUT2D eigenvalue weighted by molar-refractivity contribution is 0.0988. The Morgan fingerprint density at radius 3 is 2.11 bits per heavy atom. The zero-order chi connectivity index (χ0) is 13.1. The number of amides is 1. The average Bonchev–Trinajstić information content (AvgIpc) is 2.38. The Hall–Kier alpha value is -2.23. The molecular weight excluding hydrogens is 236 g/mol. The van der Waals surface area contributed by atoms with Gasteiger partial charge in [0.1, 0.15) is 11.6 Å². The highest BCUT2D eigenvalue weighted by atomic mass is 19.1. The van der Waals surface area contributed by atoms with Crippen LogP contribution in [-0.4, -0.2) is 13.0 Å². The zero-order valence-electron chi connectivity index (χ0n) is 9.73. The molecule has 2 aromatic rings. The van der Waals surface area contributed by atoms with Crippen LogP contribution in [0.3, 0.4) is 0 Å². The number of benzene rings is 2. The molecule has 0 fully saturated rings. The van der Waals surface area contributed by atoms with Crippen LogP contribution in [0.15, 0.2) is 48.5 Å². The van der Waals surface area contributed by atoms with E-state index in [9.17, 15) is 13.6 Å². The van der Waals surface area contributed by atoms with Gasteiger partial charge in [0, 0.05) is 7.05 Å². The maximum atomic E-state index is 13.5. The van der Waals surface area contributed by atoms with E-state index in [0.717, 1.165) is 4.90 Å². The van der Waals surface area contributed by atoms with Crippen LogP contribution < -0.4 is 4.90 Å². The summed E-state index contributed by atoms with van der Waals surface area (Å²) in [5.74, 6) is -1.73. The minimum absolute atomic E-state index is 0.0803. The van der Waals surface area contributed by atoms with Crippen LogP contribution in [0.2, 0.25) is 0 Å². The van der Waals surface area contributed by atoms with Crippen LogP contribution in [0.5, 0.6) is 0 Å². The van der Waals surface area contributed by atoms with Crippen LogP contribution in [0.1, 0.15) is 10.4 Å². The molecule has 1 amide bonds. The zero-order valence-corrected chi connectivity index (χ0v) is 9.73. The highest BCUT2D eigenvalue weighted by Gasteiger charge is 2.18. The Morgan fingerprint density at radius 1 is 0.944 bits per heavy atom. The molecule has 92 valence electrons. The third kappa shape index (κ3) is 2.22. The van der Waals surface area contributed by atoms with E-state index < -0.39 is 17.5 Å². The molecule has 0 saturated carbocycles. The molecule has 0 aliphatic heterocycles. The number of nitrogens with zero attached hydrogens (tertiary/aromatic N) is 1. The number of halogens is 2. The summed E-state index contributed by atoms with van der Waals surface area (Å²) in [6, 6.07) is 11.5. The smallest absolute Gasteiger partial charge is 0.261 e. The Morgan fingerprint density at radius 2 is 1.50 bits per heavy atom. The van der Waals surface area contributed by atoms with Gasteiger partial charge in [-0.3, -0.25) is 4.79 Å². The van der Waals surface area contributed by atoms with Crippen LogP contribution in [0.4, 0.5) is 14.5 Å². The van der Waals surface area contributed by atoms with Crippen LogP contribution in [0, 0.1) is 11.6 Å². The van der Waals surface area contributed by atoms with Crippen molar-refractivity contribution in [3.63, 3.8) is 0 Å². The largest absolute Gasteiger partial charge is 0.309 e. The van der Waals surface area contributed by atoms with Gasteiger partial charge in [-0.2, -0.15) is 0 Å². The van der Waals surface area contributed by atoms with Crippen LogP contribution in [0.25, 0.3) is 0 Å². The van der Waals surface area contributed by atoms with E-state index in [1.54, 1.807) is 12.1 Å². The van der Waals surface area contributed by atoms with E-state index >= 15 is 0 Å². The van der Waals surface area contributed by atoms with Gasteiger partial charge in [-0.1, -0.05) is 24.3 Å². The first-order valence-corrected chi connectivity index (χ1v) is 5.38. The summed E-state index contributed by atoms with van der Waals surface area (Å²) in [5, 5.41) is 0. The van der Waals surface area contributed by atoms with E-state index in [1.807, 2.05) is 0 Å². The van der Waals surface area contributed by atoms with Gasteiger partial charge in [-0.25, -0.2) is 8.78 Å². The number of para-hydroxylation sites is 1. The molecule has 18 heavy (non-hydrogen) atoms. The van der Waals surface area contributed by atoms with E-state index in [0.29, 0.717) is 0 Å². The number of rotatable bonds is 2. The van der Waals surface area contributed by atoms with Crippen molar-refractivity contribution in [1.29, 1.82) is 0 Å². The Balaban J connectivity index is 2.36. The minimum atomic E-state index is -0.620. The van der Waals surface area contributed by atoms with Crippen molar-refractivity contribution >= 4 is 11.6 Å². The Bertz CT molecular complexity index is 584. The molecule has 2 nitrogen and oxygen atoms in total. The molecule has 0 aliphatic rings. The van der Waals surface area contributed by atoms with Crippen molar-refractivity contribution in [2.75, 3.05) is 11.9 Å². The second-order valence-electron chi connectivity index (χ2n) is 3.80. The topological polar surface area (TPSA) is 20.3 Å². The maximum absolute atomic E-state index is 13.5. The fraction of sp³-hybridized carbons (Fsp3) is 0.0714. The minimum Gasteiger partial charge on any atom is -0.309 e. The lowest BCUT2D eigenvalue weighted by Gasteiger charge is -2.18. The van der Waals surface area contributed by atoms with Gasteiger partial charge in [-0.15, -0.1) is 0 Å². The van der Waals surface area contributed by atoms with Gasteiger partial charge >= 0.3 is 0 Å². The maximum Gasteiger partial charge on any atom is 0.261 e. The van der Waals surface area contributed by atoms with Crippen molar-refractivity contribution in [2.45, 2.75) is 0 Å². The van der Waals surface area contributed by atoms with Gasteiger partial charge < -0.3 is 4.90 Å². The standard InChI is InChI=1S/C14H11F2NO/c1-17(13-9-5-4-8-12(13)16)14(18)10-6-2-3-7-11(10)15/h2-9H,1H3. The molecule has 2 aromatic carbocycles. The lowest BCUT2D eigenvalue weighted by Crippen LogP contribution is -2.27. The predicted octanol–water partition coefficient (Wildman–Crippen LogP) is 3.24. The monoisotopic (exact) mass is 247 g/mol. The molecule has 2 rings (SSSR count). The number of anilines is 1. The van der Waals surface area contributed by atoms with Crippen molar-refractivity contribution < 1.29 is 13.6 Å². The molecule has 0 unspecified atom stereocenters. The summed E-state index contributed by atoms with van der Waals surface area (Å²) in [6.07, 6.45) is 0. The van der Waals surface area contributed by atoms with E-state index in [1.165, 1.54) is 43.4 Å². The van der Waals surface area contributed by atoms with E-state index in [2.05, 4.69) is 0 Å². The predicted molar refractivity (Wildman–Crippen MR) is 65.5 cm³/mol. The second-order valence-corrected chi connectivity index (χ2v) is 3.80. The first kappa shape index (κ1) is 12.2. The molecule has 0 spiro atoms. The average molecular weight is 247 g/mol. The third-order valence-corrected chi connectivity index (χ3v) is 2.62. The number of carbonyl (C=O) groups is 1. The van der Waals surface area contributed by atoms with Gasteiger partial charge in [-0.05, 0) is 24.3 Å². The molecule has 0 saturated heterocycles. The highest BCUT2D eigenvalue weighted by Crippen LogP contribution is 2.20. The molecular formula is C14H11F2NO. The van der Waals surface area contributed by atoms with Gasteiger partial charge in [0.05, 0.1) is 11.3 Å². The molecule has 0 aliphatic carbocycles. The summed E-state index contributed by atoms with van der Waals surface area (Å²) in [7, 11) is 1.41. The lowest BCUT2D eigenvalue weighted by atomic mass is 10.1. The summed E-state index contributed by atoms with van der Waals surface area (Å²) in [6.45, 7) is 0. The SMILES string of the molecule is CN(C(=O)c1ccccc1F)c1ccccc1F. The first-order valence-electron chi connectivity index (χ1n) is 5.38. The van der Waals surface area contributed by atoms with Crippen LogP contribution >= 0.6 is 0 Å². The fourth-order valence-corrected chi connectivity index (χ4v) is 1.65. The summed E-state index contributed by atoms with van der Waals surface area (Å²) in [5.41, 5.74) is 0.0361. The fourth-order valence-electron chi connectivity index (χ4n) is 1.65. The van der Waals surface area contributed by atoms with E-state index in [-0.39, 0.29) is 11.3 Å². The number of hydrogen-bond donors (Lipinski definition) is 0. The van der Waals surface area contributed by atoms with Gasteiger partial charge in [0.25, 0.3) is 5.91 Å². The summed E-state index contributed by atoms with van der Waals surface area (Å²) >= 11 is 0. The number of carbonyl (C=O) groups excluding carboxylic acids is 1. The van der Waals surface area contributed by atoms with Crippen molar-refractivity contribution in [3.8, 4) is 0 Å². The van der Waals surface area contributed by atoms with Crippen molar-refractivity contribution in [2.24, 2.45) is 0 Å². The Labute approximate surface area is 103 Å².